The van der Waals surface area contributed by atoms with Gasteiger partial charge in [-0.25, -0.2) is 0 Å². The van der Waals surface area contributed by atoms with Crippen LogP contribution in [0.2, 0.25) is 0 Å². The Kier molecular flexibility index (Phi) is 1.42. The first-order valence-corrected chi connectivity index (χ1v) is 4.14. The molecule has 1 aromatic carbocycles. The van der Waals surface area contributed by atoms with Gasteiger partial charge in [0.05, 0.1) is 0 Å². The third-order valence-corrected chi connectivity index (χ3v) is 1.91. The van der Waals surface area contributed by atoms with Gasteiger partial charge in [-0.15, -0.1) is 0 Å². The van der Waals surface area contributed by atoms with Crippen LogP contribution in [-0.2, 0) is 6.98 Å². The molecular formula is C11H10N2O. The summed E-state index contributed by atoms with van der Waals surface area (Å²) >= 11 is 0. The minimum Gasteiger partial charge on any atom is -0.287 e. The molecule has 14 heavy (non-hydrogen) atoms. The molecule has 3 nitrogen and oxygen atoms in total. The van der Waals surface area contributed by atoms with Crippen LogP contribution in [0.3, 0.4) is 0 Å². The molecule has 1 heterocycles. The molecule has 0 aliphatic heterocycles. The Morgan fingerprint density at radius 2 is 2.14 bits per heavy atom. The van der Waals surface area contributed by atoms with Crippen LogP contribution < -0.4 is 0 Å². The lowest BCUT2D eigenvalue weighted by molar-refractivity contribution is 0.103. The summed E-state index contributed by atoms with van der Waals surface area (Å²) in [4.78, 5) is 12.1. The highest BCUT2D eigenvalue weighted by atomic mass is 16.1. The maximum Gasteiger partial charge on any atom is 0.211 e. The van der Waals surface area contributed by atoms with Gasteiger partial charge in [-0.3, -0.25) is 9.48 Å². The van der Waals surface area contributed by atoms with Crippen molar-refractivity contribution in [3.63, 3.8) is 0 Å². The van der Waals surface area contributed by atoms with Gasteiger partial charge in [0.15, 0.2) is 0 Å². The number of nitrogens with zero attached hydrogens (tertiary/aromatic N) is 2. The number of rotatable bonds is 2. The third-order valence-electron chi connectivity index (χ3n) is 1.91. The summed E-state index contributed by atoms with van der Waals surface area (Å²) in [7, 11) is 0. The van der Waals surface area contributed by atoms with Crippen LogP contribution in [0.4, 0.5) is 0 Å². The van der Waals surface area contributed by atoms with Crippen LogP contribution in [0.5, 0.6) is 0 Å². The summed E-state index contributed by atoms with van der Waals surface area (Å²) < 4.78 is 22.6. The van der Waals surface area contributed by atoms with Gasteiger partial charge in [-0.1, -0.05) is 30.3 Å². The maximum absolute atomic E-state index is 12.1. The normalized spacial score (nSPS) is 14.1. The molecule has 0 aliphatic carbocycles. The number of carbonyl (C=O) groups excluding carboxylic acids is 1. The number of carbonyl (C=O) groups is 1. The molecule has 0 radical (unpaired) electrons. The molecule has 0 spiro atoms. The van der Waals surface area contributed by atoms with Crippen LogP contribution in [-0.4, -0.2) is 15.6 Å². The molecule has 1 aromatic heterocycles. The van der Waals surface area contributed by atoms with Crippen molar-refractivity contribution < 1.29 is 8.91 Å². The average Bonchev–Trinajstić information content (AvgIpc) is 2.78. The van der Waals surface area contributed by atoms with E-state index in [1.54, 1.807) is 30.3 Å². The minimum atomic E-state index is -2.44. The fraction of sp³-hybridized carbons (Fsp3) is 0.0909. The van der Waals surface area contributed by atoms with Gasteiger partial charge in [-0.05, 0) is 6.07 Å². The fourth-order valence-corrected chi connectivity index (χ4v) is 1.21. The maximum atomic E-state index is 12.1. The largest absolute Gasteiger partial charge is 0.287 e. The molecule has 0 amide bonds. The first-order valence-electron chi connectivity index (χ1n) is 5.64. The molecule has 0 aliphatic rings. The van der Waals surface area contributed by atoms with E-state index in [1.165, 1.54) is 12.3 Å². The fourth-order valence-electron chi connectivity index (χ4n) is 1.21. The summed E-state index contributed by atoms with van der Waals surface area (Å²) in [6.07, 6.45) is 1.31. The number of aryl methyl sites for hydroxylation is 1. The van der Waals surface area contributed by atoms with E-state index >= 15 is 0 Å². The van der Waals surface area contributed by atoms with Crippen molar-refractivity contribution in [1.29, 1.82) is 0 Å². The van der Waals surface area contributed by atoms with Gasteiger partial charge >= 0.3 is 0 Å². The summed E-state index contributed by atoms with van der Waals surface area (Å²) in [6.45, 7) is -2.44. The molecule has 0 unspecified atom stereocenters. The molecule has 2 aromatic rings. The van der Waals surface area contributed by atoms with Gasteiger partial charge in [0, 0.05) is 22.8 Å². The molecule has 3 heteroatoms. The van der Waals surface area contributed by atoms with Gasteiger partial charge in [-0.2, -0.15) is 5.10 Å². The highest BCUT2D eigenvalue weighted by Crippen LogP contribution is 2.07. The summed E-state index contributed by atoms with van der Waals surface area (Å²) in [5, 5.41) is 3.67. The lowest BCUT2D eigenvalue weighted by Gasteiger charge is -2.00. The van der Waals surface area contributed by atoms with E-state index in [2.05, 4.69) is 5.10 Å². The van der Waals surface area contributed by atoms with E-state index < -0.39 is 6.98 Å². The van der Waals surface area contributed by atoms with Gasteiger partial charge in [0.25, 0.3) is 0 Å². The number of hydrogen-bond acceptors (Lipinski definition) is 2. The number of ketones is 1. The Morgan fingerprint density at radius 3 is 2.86 bits per heavy atom. The van der Waals surface area contributed by atoms with E-state index in [0.29, 0.717) is 5.56 Å². The Hall–Kier alpha value is -1.90. The second-order valence-corrected chi connectivity index (χ2v) is 2.82. The number of hydrogen-bond donors (Lipinski definition) is 0. The van der Waals surface area contributed by atoms with E-state index in [9.17, 15) is 4.79 Å². The van der Waals surface area contributed by atoms with Crippen LogP contribution >= 0.6 is 0 Å². The van der Waals surface area contributed by atoms with Crippen molar-refractivity contribution >= 4 is 5.78 Å². The SMILES string of the molecule is [2H]C([2H])([2H])n1nccc1C(=O)c1ccccc1. The van der Waals surface area contributed by atoms with Gasteiger partial charge in [0.2, 0.25) is 5.78 Å². The first-order chi connectivity index (χ1) is 8.00. The average molecular weight is 189 g/mol. The monoisotopic (exact) mass is 189 g/mol. The topological polar surface area (TPSA) is 34.9 Å². The Balaban J connectivity index is 2.43. The molecule has 0 N–H and O–H groups in total. The zero-order valence-electron chi connectivity index (χ0n) is 10.3. The van der Waals surface area contributed by atoms with Crippen LogP contribution in [0, 0.1) is 0 Å². The van der Waals surface area contributed by atoms with Crippen molar-refractivity contribution in [2.75, 3.05) is 0 Å². The van der Waals surface area contributed by atoms with E-state index in [1.807, 2.05) is 0 Å². The van der Waals surface area contributed by atoms with Crippen molar-refractivity contribution in [2.24, 2.45) is 6.98 Å². The zero-order valence-corrected chi connectivity index (χ0v) is 7.34. The summed E-state index contributed by atoms with van der Waals surface area (Å²) in [5.74, 6) is -0.348. The third kappa shape index (κ3) is 1.44. The molecule has 0 saturated carbocycles. The standard InChI is InChI=1S/C11H10N2O/c1-13-10(7-8-12-13)11(14)9-5-3-2-4-6-9/h2-8H,1H3/i1D3. The minimum absolute atomic E-state index is 0.0659. The number of aromatic nitrogens is 2. The zero-order chi connectivity index (χ0) is 12.5. The Labute approximate surface area is 86.2 Å². The molecule has 0 saturated heterocycles. The number of benzene rings is 1. The van der Waals surface area contributed by atoms with E-state index in [-0.39, 0.29) is 11.5 Å². The molecule has 0 fully saturated rings. The van der Waals surface area contributed by atoms with Crippen LogP contribution in [0.15, 0.2) is 42.6 Å². The summed E-state index contributed by atoms with van der Waals surface area (Å²) in [5.41, 5.74) is 0.509. The summed E-state index contributed by atoms with van der Waals surface area (Å²) in [6, 6.07) is 9.92. The second-order valence-electron chi connectivity index (χ2n) is 2.82. The lowest BCUT2D eigenvalue weighted by atomic mass is 10.1. The lowest BCUT2D eigenvalue weighted by Crippen LogP contribution is -2.07. The van der Waals surface area contributed by atoms with Crippen molar-refractivity contribution in [3.8, 4) is 0 Å². The highest BCUT2D eigenvalue weighted by Gasteiger charge is 2.11. The molecule has 0 bridgehead atoms. The smallest absolute Gasteiger partial charge is 0.211 e. The Bertz CT molecular complexity index is 531. The Morgan fingerprint density at radius 1 is 1.36 bits per heavy atom. The van der Waals surface area contributed by atoms with Crippen molar-refractivity contribution in [3.05, 3.63) is 53.9 Å². The van der Waals surface area contributed by atoms with Crippen LogP contribution in [0.1, 0.15) is 20.2 Å². The van der Waals surface area contributed by atoms with Crippen molar-refractivity contribution in [2.45, 2.75) is 0 Å². The van der Waals surface area contributed by atoms with Gasteiger partial charge in [0.1, 0.15) is 5.69 Å². The van der Waals surface area contributed by atoms with E-state index in [0.717, 1.165) is 4.68 Å². The first kappa shape index (κ1) is 5.75. The van der Waals surface area contributed by atoms with Crippen LogP contribution in [0.25, 0.3) is 0 Å². The quantitative estimate of drug-likeness (QED) is 0.673. The van der Waals surface area contributed by atoms with E-state index in [4.69, 9.17) is 4.11 Å². The highest BCUT2D eigenvalue weighted by molar-refractivity contribution is 6.07. The second kappa shape index (κ2) is 3.46. The molecule has 2 rings (SSSR count). The van der Waals surface area contributed by atoms with Gasteiger partial charge < -0.3 is 0 Å². The molecule has 70 valence electrons. The predicted octanol–water partition coefficient (Wildman–Crippen LogP) is 1.65. The van der Waals surface area contributed by atoms with Crippen molar-refractivity contribution in [1.82, 2.24) is 9.78 Å². The predicted molar refractivity (Wildman–Crippen MR) is 53.1 cm³/mol. The molecular weight excluding hydrogens is 176 g/mol. The molecule has 0 atom stereocenters.